The van der Waals surface area contributed by atoms with Crippen LogP contribution < -0.4 is 10.2 Å². The Hall–Kier alpha value is -2.62. The van der Waals surface area contributed by atoms with Crippen molar-refractivity contribution in [1.82, 2.24) is 5.32 Å². The molecule has 2 aromatic rings. The number of hydrogen-bond acceptors (Lipinski definition) is 2. The van der Waals surface area contributed by atoms with Crippen LogP contribution in [0.3, 0.4) is 0 Å². The summed E-state index contributed by atoms with van der Waals surface area (Å²) in [6.45, 7) is 4.47. The third kappa shape index (κ3) is 5.00. The lowest BCUT2D eigenvalue weighted by molar-refractivity contribution is -0.126. The average Bonchev–Trinajstić information content (AvgIpc) is 2.72. The van der Waals surface area contributed by atoms with Crippen molar-refractivity contribution < 1.29 is 9.59 Å². The van der Waals surface area contributed by atoms with Crippen LogP contribution in [-0.2, 0) is 9.59 Å². The summed E-state index contributed by atoms with van der Waals surface area (Å²) in [4.78, 5) is 27.2. The number of carbonyl (C=O) groups excluding carboxylic acids is 2. The maximum Gasteiger partial charge on any atom is 0.232 e. The molecule has 1 aliphatic rings. The minimum absolute atomic E-state index is 0.0274. The first-order valence-electron chi connectivity index (χ1n) is 10.3. The Morgan fingerprint density at radius 3 is 2.04 bits per heavy atom. The molecule has 1 saturated carbocycles. The topological polar surface area (TPSA) is 49.4 Å². The standard InChI is InChI=1S/C24H30N2O2/c1-18-10-9-15-22(19(18)2)25-23(27)16-17-24(28)26(20-11-5-3-6-12-20)21-13-7-4-8-14-21/h3-8,11-14,18-19,22H,9-10,15-17H2,1-2H3,(H,25,27)/t18-,19+,22-/m1/s1. The summed E-state index contributed by atoms with van der Waals surface area (Å²) in [5, 5.41) is 3.16. The third-order valence-corrected chi connectivity index (χ3v) is 5.90. The van der Waals surface area contributed by atoms with Gasteiger partial charge in [0.1, 0.15) is 0 Å². The van der Waals surface area contributed by atoms with Crippen LogP contribution in [0.25, 0.3) is 0 Å². The van der Waals surface area contributed by atoms with Gasteiger partial charge in [0, 0.05) is 30.3 Å². The van der Waals surface area contributed by atoms with Crippen molar-refractivity contribution in [2.45, 2.75) is 52.0 Å². The molecule has 0 bridgehead atoms. The summed E-state index contributed by atoms with van der Waals surface area (Å²) in [6, 6.07) is 19.4. The van der Waals surface area contributed by atoms with Gasteiger partial charge in [-0.1, -0.05) is 63.1 Å². The molecule has 1 fully saturated rings. The quantitative estimate of drug-likeness (QED) is 0.763. The van der Waals surface area contributed by atoms with Crippen LogP contribution in [0, 0.1) is 11.8 Å². The fourth-order valence-electron chi connectivity index (χ4n) is 3.99. The van der Waals surface area contributed by atoms with Gasteiger partial charge in [-0.3, -0.25) is 14.5 Å². The second-order valence-electron chi connectivity index (χ2n) is 7.84. The molecular weight excluding hydrogens is 348 g/mol. The number of para-hydroxylation sites is 2. The van der Waals surface area contributed by atoms with Crippen LogP contribution in [0.5, 0.6) is 0 Å². The van der Waals surface area contributed by atoms with Crippen LogP contribution >= 0.6 is 0 Å². The van der Waals surface area contributed by atoms with Gasteiger partial charge in [0.15, 0.2) is 0 Å². The fraction of sp³-hybridized carbons (Fsp3) is 0.417. The molecule has 0 unspecified atom stereocenters. The molecule has 0 saturated heterocycles. The maximum atomic E-state index is 13.0. The van der Waals surface area contributed by atoms with E-state index in [2.05, 4.69) is 19.2 Å². The number of nitrogens with one attached hydrogen (secondary N) is 1. The summed E-state index contributed by atoms with van der Waals surface area (Å²) in [5.74, 6) is 1.02. The maximum absolute atomic E-state index is 13.0. The first-order valence-corrected chi connectivity index (χ1v) is 10.3. The third-order valence-electron chi connectivity index (χ3n) is 5.90. The molecule has 1 N–H and O–H groups in total. The van der Waals surface area contributed by atoms with Crippen LogP contribution in [0.2, 0.25) is 0 Å². The summed E-state index contributed by atoms with van der Waals surface area (Å²) in [6.07, 6.45) is 3.82. The van der Waals surface area contributed by atoms with E-state index in [0.29, 0.717) is 11.8 Å². The SMILES string of the molecule is C[C@H]1[C@H](C)CCC[C@H]1NC(=O)CCC(=O)N(c1ccccc1)c1ccccc1. The molecule has 148 valence electrons. The highest BCUT2D eigenvalue weighted by Gasteiger charge is 2.28. The normalized spacial score (nSPS) is 21.7. The summed E-state index contributed by atoms with van der Waals surface area (Å²) < 4.78 is 0. The predicted molar refractivity (Wildman–Crippen MR) is 113 cm³/mol. The lowest BCUT2D eigenvalue weighted by atomic mass is 9.78. The second-order valence-corrected chi connectivity index (χ2v) is 7.84. The first kappa shape index (κ1) is 20.1. The van der Waals surface area contributed by atoms with E-state index in [1.807, 2.05) is 60.7 Å². The van der Waals surface area contributed by atoms with Gasteiger partial charge in [-0.2, -0.15) is 0 Å². The van der Waals surface area contributed by atoms with Crippen molar-refractivity contribution in [3.05, 3.63) is 60.7 Å². The Morgan fingerprint density at radius 2 is 1.46 bits per heavy atom. The smallest absolute Gasteiger partial charge is 0.232 e. The van der Waals surface area contributed by atoms with Crippen LogP contribution in [-0.4, -0.2) is 17.9 Å². The largest absolute Gasteiger partial charge is 0.353 e. The molecular formula is C24H30N2O2. The number of rotatable bonds is 6. The Labute approximate surface area is 167 Å². The summed E-state index contributed by atoms with van der Waals surface area (Å²) in [5.41, 5.74) is 1.63. The number of nitrogens with zero attached hydrogens (tertiary/aromatic N) is 1. The van der Waals surface area contributed by atoms with Crippen LogP contribution in [0.4, 0.5) is 11.4 Å². The molecule has 0 radical (unpaired) electrons. The molecule has 3 atom stereocenters. The number of benzene rings is 2. The lowest BCUT2D eigenvalue weighted by Crippen LogP contribution is -2.44. The van der Waals surface area contributed by atoms with Gasteiger partial charge in [0.05, 0.1) is 0 Å². The van der Waals surface area contributed by atoms with Crippen molar-refractivity contribution in [3.63, 3.8) is 0 Å². The van der Waals surface area contributed by atoms with Gasteiger partial charge in [-0.05, 0) is 42.5 Å². The minimum atomic E-state index is -0.0717. The zero-order valence-electron chi connectivity index (χ0n) is 16.8. The highest BCUT2D eigenvalue weighted by Crippen LogP contribution is 2.30. The summed E-state index contributed by atoms with van der Waals surface area (Å²) in [7, 11) is 0. The Bertz CT molecular complexity index is 736. The van der Waals surface area contributed by atoms with Gasteiger partial charge in [0.2, 0.25) is 11.8 Å². The van der Waals surface area contributed by atoms with Crippen molar-refractivity contribution in [1.29, 1.82) is 0 Å². The van der Waals surface area contributed by atoms with E-state index in [1.165, 1.54) is 6.42 Å². The zero-order chi connectivity index (χ0) is 19.9. The van der Waals surface area contributed by atoms with E-state index in [-0.39, 0.29) is 30.7 Å². The Kier molecular flexibility index (Phi) is 6.85. The van der Waals surface area contributed by atoms with Crippen LogP contribution in [0.15, 0.2) is 60.7 Å². The molecule has 2 amide bonds. The minimum Gasteiger partial charge on any atom is -0.353 e. The lowest BCUT2D eigenvalue weighted by Gasteiger charge is -2.34. The van der Waals surface area contributed by atoms with Gasteiger partial charge < -0.3 is 5.32 Å². The monoisotopic (exact) mass is 378 g/mol. The first-order chi connectivity index (χ1) is 13.6. The zero-order valence-corrected chi connectivity index (χ0v) is 16.8. The molecule has 28 heavy (non-hydrogen) atoms. The van der Waals surface area contributed by atoms with E-state index in [9.17, 15) is 9.59 Å². The highest BCUT2D eigenvalue weighted by molar-refractivity contribution is 6.01. The molecule has 0 heterocycles. The molecule has 3 rings (SSSR count). The number of amides is 2. The fourth-order valence-corrected chi connectivity index (χ4v) is 3.99. The van der Waals surface area contributed by atoms with Crippen molar-refractivity contribution in [2.24, 2.45) is 11.8 Å². The second kappa shape index (κ2) is 9.54. The molecule has 2 aromatic carbocycles. The number of anilines is 2. The van der Waals surface area contributed by atoms with E-state index in [4.69, 9.17) is 0 Å². The van der Waals surface area contributed by atoms with E-state index in [0.717, 1.165) is 24.2 Å². The van der Waals surface area contributed by atoms with Gasteiger partial charge in [0.25, 0.3) is 0 Å². The Balaban J connectivity index is 1.63. The number of carbonyl (C=O) groups is 2. The molecule has 4 heteroatoms. The van der Waals surface area contributed by atoms with Crippen molar-refractivity contribution >= 4 is 23.2 Å². The highest BCUT2D eigenvalue weighted by atomic mass is 16.2. The predicted octanol–water partition coefficient (Wildman–Crippen LogP) is 5.07. The van der Waals surface area contributed by atoms with Gasteiger partial charge in [-0.25, -0.2) is 0 Å². The van der Waals surface area contributed by atoms with Crippen molar-refractivity contribution in [3.8, 4) is 0 Å². The van der Waals surface area contributed by atoms with E-state index < -0.39 is 0 Å². The summed E-state index contributed by atoms with van der Waals surface area (Å²) >= 11 is 0. The van der Waals surface area contributed by atoms with E-state index >= 15 is 0 Å². The molecule has 4 nitrogen and oxygen atoms in total. The van der Waals surface area contributed by atoms with Gasteiger partial charge >= 0.3 is 0 Å². The molecule has 0 aromatic heterocycles. The number of hydrogen-bond donors (Lipinski definition) is 1. The molecule has 0 aliphatic heterocycles. The van der Waals surface area contributed by atoms with Crippen molar-refractivity contribution in [2.75, 3.05) is 4.90 Å². The Morgan fingerprint density at radius 1 is 0.893 bits per heavy atom. The molecule has 0 spiro atoms. The van der Waals surface area contributed by atoms with E-state index in [1.54, 1.807) is 4.90 Å². The van der Waals surface area contributed by atoms with Crippen LogP contribution in [0.1, 0.15) is 46.0 Å². The van der Waals surface area contributed by atoms with Gasteiger partial charge in [-0.15, -0.1) is 0 Å². The average molecular weight is 379 g/mol. The molecule has 1 aliphatic carbocycles.